The molecule has 2 fully saturated rings. The number of ketones is 1. The quantitative estimate of drug-likeness (QED) is 0.00282. The first kappa shape index (κ1) is 109. The summed E-state index contributed by atoms with van der Waals surface area (Å²) in [5.41, 5.74) is 6.73. The third kappa shape index (κ3) is 34.1. The minimum Gasteiger partial charge on any atom is -0.756 e. The number of carbonyl (C=O) groups excluding carboxylic acids is 4. The van der Waals surface area contributed by atoms with Crippen LogP contribution in [0.25, 0.3) is 11.6 Å². The average Bonchev–Trinajstić information content (AvgIpc) is 0.830. The molecule has 2 aromatic heterocycles. The number of nitrogens with two attached hydrogens (primary N) is 1. The van der Waals surface area contributed by atoms with Crippen molar-refractivity contribution in [3.63, 3.8) is 0 Å². The molecule has 3 aromatic carbocycles. The Morgan fingerprint density at radius 1 is 0.725 bits per heavy atom. The molecule has 1 amide bonds. The van der Waals surface area contributed by atoms with E-state index in [-0.39, 0.29) is 154 Å². The number of aromatic carboxylic acids is 1. The van der Waals surface area contributed by atoms with Crippen LogP contribution in [-0.2, 0) is 93.5 Å². The van der Waals surface area contributed by atoms with E-state index in [1.165, 1.54) is 24.3 Å². The van der Waals surface area contributed by atoms with Crippen molar-refractivity contribution in [1.82, 2.24) is 24.4 Å². The summed E-state index contributed by atoms with van der Waals surface area (Å²) in [6, 6.07) is 12.3. The number of ether oxygens (including phenoxy) is 6. The number of alkyl carbamates (subject to hydrolysis) is 1. The van der Waals surface area contributed by atoms with Gasteiger partial charge in [-0.2, -0.15) is 0 Å². The van der Waals surface area contributed by atoms with Crippen LogP contribution in [0.2, 0.25) is 0 Å². The van der Waals surface area contributed by atoms with Gasteiger partial charge in [0, 0.05) is 59.1 Å². The number of nitrogens with one attached hydrogen (secondary N) is 3. The number of Topliss-reactive ketones (excluding diaryl/α,β-unsaturated/α-hetero) is 1. The second-order valence-corrected chi connectivity index (χ2v) is 33.0. The number of carboxylic acid groups (broad SMARTS) is 1. The molecule has 51 heteroatoms. The maximum atomic E-state index is 13.7. The molecule has 0 bridgehead atoms. The predicted octanol–water partition coefficient (Wildman–Crippen LogP) is -5.20. The number of aromatic amines is 2. The zero-order valence-electron chi connectivity index (χ0n) is 64.5. The van der Waals surface area contributed by atoms with Gasteiger partial charge in [-0.3, -0.25) is 60.9 Å². The SMILES string of the molecule is C.C=CCO[C@@H]1C[C@H](n2cc(C#CCN)c(=O)[nH]c2=O)O[C@@H]1COP(=O)([O-])OP(=O)([O-])OP(=O)([O-])O.C=CCO[C@@H]1C[C@H](n2cc(C#CCNC(=O)OCC(=C)CCCC(=O)c3ccc(C(=O)[O-])c(C4=c5cc(C)/c(=C\CC)cc5Oc5cc(CCC)c(C)cc54)c3)c(=O)[nH]c2=O)O[C@@H]1COP(=O)([O-])OP(=O)([O-])OP(=O)([O-])O.O=[C-]OO.[CH3-].[Na+].[Na+]. The molecule has 5 aromatic rings. The van der Waals surface area contributed by atoms with E-state index in [0.29, 0.717) is 51.8 Å². The number of aryl methyl sites for hydroxylation is 3. The minimum absolute atomic E-state index is 0. The van der Waals surface area contributed by atoms with E-state index in [9.17, 15) is 95.4 Å². The fourth-order valence-electron chi connectivity index (χ4n) is 11.2. The summed E-state index contributed by atoms with van der Waals surface area (Å²) >= 11 is 0. The van der Waals surface area contributed by atoms with E-state index in [2.05, 4.69) is 97.9 Å². The van der Waals surface area contributed by atoms with Gasteiger partial charge in [-0.05, 0) is 109 Å². The van der Waals surface area contributed by atoms with Crippen LogP contribution in [0.5, 0.6) is 11.5 Å². The Bertz CT molecular complexity index is 5350. The molecule has 3 aliphatic heterocycles. The normalized spacial score (nSPS) is 19.2. The molecule has 43 nitrogen and oxygen atoms in total. The predicted molar refractivity (Wildman–Crippen MR) is 401 cm³/mol. The Balaban J connectivity index is 0.000000950. The molecule has 12 atom stereocenters. The zero-order valence-corrected chi connectivity index (χ0v) is 73.9. The number of H-pyrrole nitrogens is 2. The number of carbonyl (C=O) groups is 3. The van der Waals surface area contributed by atoms with Crippen molar-refractivity contribution in [3.8, 4) is 35.2 Å². The number of hydrogen-bond donors (Lipinski definition) is 7. The molecular weight excluding hydrogens is 1740 g/mol. The summed E-state index contributed by atoms with van der Waals surface area (Å²) in [6.07, 6.45) is 2.05. The molecular formula is C69H81N6Na2O37P6-7. The maximum absolute atomic E-state index is 13.7. The number of fused-ring (bicyclic) bond motifs is 2. The summed E-state index contributed by atoms with van der Waals surface area (Å²) in [6.45, 7) is 17.1. The van der Waals surface area contributed by atoms with Gasteiger partial charge in [-0.25, -0.2) is 36.9 Å². The Morgan fingerprint density at radius 3 is 1.69 bits per heavy atom. The van der Waals surface area contributed by atoms with Gasteiger partial charge in [-0.15, -0.1) is 13.2 Å². The van der Waals surface area contributed by atoms with E-state index < -0.39 is 132 Å². The van der Waals surface area contributed by atoms with Crippen LogP contribution in [0.15, 0.2) is 111 Å². The molecule has 3 aliphatic rings. The maximum Gasteiger partial charge on any atom is 1.00 e. The molecule has 0 aliphatic carbocycles. The number of aromatic nitrogens is 4. The molecule has 0 spiro atoms. The number of carboxylic acids is 1. The first-order chi connectivity index (χ1) is 54.4. The van der Waals surface area contributed by atoms with E-state index >= 15 is 0 Å². The smallest absolute Gasteiger partial charge is 0.756 e. The van der Waals surface area contributed by atoms with Crippen LogP contribution >= 0.6 is 46.9 Å². The second-order valence-electron chi connectivity index (χ2n) is 24.4. The molecule has 0 radical (unpaired) electrons. The van der Waals surface area contributed by atoms with Crippen molar-refractivity contribution in [1.29, 1.82) is 0 Å². The van der Waals surface area contributed by atoms with Crippen molar-refractivity contribution >= 4 is 82.9 Å². The van der Waals surface area contributed by atoms with Crippen molar-refractivity contribution in [2.45, 2.75) is 123 Å². The number of nitrogens with zero attached hydrogens (tertiary/aromatic N) is 2. The van der Waals surface area contributed by atoms with Gasteiger partial charge >= 0.3 is 76.6 Å². The van der Waals surface area contributed by atoms with E-state index in [1.807, 2.05) is 50.0 Å². The van der Waals surface area contributed by atoms with Gasteiger partial charge in [0.25, 0.3) is 58.1 Å². The van der Waals surface area contributed by atoms with Gasteiger partial charge in [0.2, 0.25) is 0 Å². The number of hydrogen-bond acceptors (Lipinski definition) is 36. The molecule has 2 saturated heterocycles. The molecule has 648 valence electrons. The van der Waals surface area contributed by atoms with Crippen molar-refractivity contribution in [3.05, 3.63) is 202 Å². The van der Waals surface area contributed by atoms with E-state index in [4.69, 9.17) is 54.0 Å². The van der Waals surface area contributed by atoms with Gasteiger partial charge in [0.1, 0.15) is 53.9 Å². The number of amides is 1. The van der Waals surface area contributed by atoms with Gasteiger partial charge in [0.15, 0.2) is 5.78 Å². The van der Waals surface area contributed by atoms with Crippen LogP contribution in [0.3, 0.4) is 0 Å². The zero-order chi connectivity index (χ0) is 86.3. The molecule has 8 rings (SSSR count). The van der Waals surface area contributed by atoms with E-state index in [0.717, 1.165) is 69.2 Å². The van der Waals surface area contributed by atoms with Crippen molar-refractivity contribution in [2.75, 3.05) is 46.1 Å². The molecule has 8 N–H and O–H groups in total. The fraction of sp³-hybridized carbons (Fsp3) is 0.377. The van der Waals surface area contributed by atoms with Gasteiger partial charge < -0.3 is 115 Å². The summed E-state index contributed by atoms with van der Waals surface area (Å²) < 4.78 is 127. The molecule has 6 unspecified atom stereocenters. The summed E-state index contributed by atoms with van der Waals surface area (Å²) in [4.78, 5) is 189. The first-order valence-corrected chi connectivity index (χ1v) is 42.6. The molecule has 120 heavy (non-hydrogen) atoms. The Kier molecular flexibility index (Phi) is 45.4. The first-order valence-electron chi connectivity index (χ1n) is 33.8. The fourth-order valence-corrected chi connectivity index (χ4v) is 17.0. The third-order valence-corrected chi connectivity index (χ3v) is 23.3. The standard InChI is InChI=1S/C51H58N3O20P3.C15H22N3O14P3.CHO3.CH4.CH3.2Na/c1-7-12-33-24-42-39(21-31(33)5)47(40-22-32(6)34(13-8-2)25-43(40)71-42)38-23-35(17-18-37(38)49(57)58)41(55)16-10-14-30(4)28-69-51(60)52-19-11-15-36-27-54(50(59)53-48(36)56)46-26-44(68-20-9-3)45(72-46)29-70-76(64,65)74-77(66,67)73-75(61,62)63;1-2-6-28-11-7-13(18-8-10(4-3-5-16)14(19)17-15(18)20)30-12(11)9-29-34(24,25)32-35(26,27)31-33(21,22)23;2-1-4-3;;;;/h9,12,17-18,21-25,27,44-46H,3-4,7-8,10,13-14,16,19-20,26,28-29H2,1-2,5-6H3,(H,52,60)(H,57,58)(H,64,65)(H,66,67)(H,53,56,59)(H2,61,62,63);2,8,11-13H,1,5-7,9,16H2,(H,24,25)(H,26,27)(H,17,19,20)(H2,21,22,23);3H;1H4;1H3;;/q;;-1;;-1;2*+1/p-7/b33-12-;;;;;;/t44-,45-,46-;11-,12-,13-;;;;;/m11...../s1. The largest absolute Gasteiger partial charge is 1.00 e. The number of phosphoric ester groups is 2. The van der Waals surface area contributed by atoms with Crippen LogP contribution in [0.1, 0.15) is 138 Å². The van der Waals surface area contributed by atoms with Crippen LogP contribution < -0.4 is 142 Å². The van der Waals surface area contributed by atoms with Crippen LogP contribution in [0, 0.1) is 45.0 Å². The Labute approximate surface area is 729 Å². The summed E-state index contributed by atoms with van der Waals surface area (Å²) in [7, 11) is -35.8. The van der Waals surface area contributed by atoms with Crippen LogP contribution in [-0.4, -0.2) is 129 Å². The topological polar surface area (TPSA) is 661 Å². The summed E-state index contributed by atoms with van der Waals surface area (Å²) in [5.74, 6) is 9.47. The molecule has 0 saturated carbocycles. The molecule has 5 heterocycles. The number of rotatable bonds is 36. The van der Waals surface area contributed by atoms with Gasteiger partial charge in [0.05, 0.1) is 57.7 Å². The van der Waals surface area contributed by atoms with E-state index in [1.54, 1.807) is 6.07 Å². The third-order valence-electron chi connectivity index (χ3n) is 16.0. The second kappa shape index (κ2) is 49.7. The Hall–Kier alpha value is -6.64. The Morgan fingerprint density at radius 2 is 1.23 bits per heavy atom. The number of benzene rings is 3. The summed E-state index contributed by atoms with van der Waals surface area (Å²) in [5, 5.41) is 23.7. The monoisotopic (exact) mass is 1820 g/mol. The van der Waals surface area contributed by atoms with Crippen molar-refractivity contribution in [2.24, 2.45) is 5.73 Å². The minimum atomic E-state index is -6.18. The van der Waals surface area contributed by atoms with Crippen molar-refractivity contribution < 1.29 is 215 Å². The van der Waals surface area contributed by atoms with Crippen LogP contribution in [0.4, 0.5) is 4.79 Å². The number of phosphoric acid groups is 6. The van der Waals surface area contributed by atoms with Gasteiger partial charge in [-0.1, -0.05) is 88.3 Å². The average molecular weight is 1820 g/mol.